The summed E-state index contributed by atoms with van der Waals surface area (Å²) < 4.78 is 11.1. The molecule has 0 spiro atoms. The Labute approximate surface area is 99.8 Å². The highest BCUT2D eigenvalue weighted by Crippen LogP contribution is 2.36. The zero-order chi connectivity index (χ0) is 11.8. The van der Waals surface area contributed by atoms with Crippen LogP contribution in [0.2, 0.25) is 0 Å². The third-order valence-electron chi connectivity index (χ3n) is 3.51. The van der Waals surface area contributed by atoms with Crippen LogP contribution in [-0.4, -0.2) is 18.1 Å². The Kier molecular flexibility index (Phi) is 2.52. The van der Waals surface area contributed by atoms with E-state index in [0.29, 0.717) is 0 Å². The Morgan fingerprint density at radius 2 is 2.29 bits per heavy atom. The normalized spacial score (nSPS) is 24.4. The van der Waals surface area contributed by atoms with Crippen molar-refractivity contribution in [2.24, 2.45) is 5.73 Å². The van der Waals surface area contributed by atoms with Crippen LogP contribution in [0.15, 0.2) is 22.6 Å². The molecule has 90 valence electrons. The fourth-order valence-corrected chi connectivity index (χ4v) is 2.56. The van der Waals surface area contributed by atoms with Gasteiger partial charge >= 0.3 is 0 Å². The van der Waals surface area contributed by atoms with Gasteiger partial charge in [0, 0.05) is 6.04 Å². The lowest BCUT2D eigenvalue weighted by atomic mass is 10.1. The molecule has 1 aromatic heterocycles. The molecule has 2 unspecified atom stereocenters. The van der Waals surface area contributed by atoms with Gasteiger partial charge in [-0.25, -0.2) is 4.98 Å². The van der Waals surface area contributed by atoms with Crippen molar-refractivity contribution in [1.82, 2.24) is 4.98 Å². The molecule has 0 saturated heterocycles. The van der Waals surface area contributed by atoms with Gasteiger partial charge in [0.15, 0.2) is 17.0 Å². The zero-order valence-electron chi connectivity index (χ0n) is 9.85. The molecule has 1 saturated carbocycles. The van der Waals surface area contributed by atoms with Crippen LogP contribution in [0.25, 0.3) is 11.1 Å². The number of methoxy groups -OCH3 is 1. The number of hydrogen-bond donors (Lipinski definition) is 1. The van der Waals surface area contributed by atoms with Crippen molar-refractivity contribution in [3.8, 4) is 5.75 Å². The summed E-state index contributed by atoms with van der Waals surface area (Å²) in [7, 11) is 1.64. The van der Waals surface area contributed by atoms with Gasteiger partial charge in [-0.1, -0.05) is 12.5 Å². The van der Waals surface area contributed by atoms with Crippen molar-refractivity contribution in [3.05, 3.63) is 24.1 Å². The summed E-state index contributed by atoms with van der Waals surface area (Å²) in [5.41, 5.74) is 7.64. The number of para-hydroxylation sites is 1. The number of rotatable bonds is 2. The highest BCUT2D eigenvalue weighted by molar-refractivity contribution is 5.79. The second-order valence-corrected chi connectivity index (χ2v) is 4.56. The Morgan fingerprint density at radius 3 is 3.00 bits per heavy atom. The molecule has 1 aliphatic rings. The van der Waals surface area contributed by atoms with E-state index < -0.39 is 0 Å². The van der Waals surface area contributed by atoms with Crippen molar-refractivity contribution in [2.45, 2.75) is 31.2 Å². The lowest BCUT2D eigenvalue weighted by Gasteiger charge is -2.09. The van der Waals surface area contributed by atoms with Gasteiger partial charge in [0.05, 0.1) is 13.0 Å². The predicted octanol–water partition coefficient (Wildman–Crippen LogP) is 2.43. The summed E-state index contributed by atoms with van der Waals surface area (Å²) in [5, 5.41) is 0. The molecule has 17 heavy (non-hydrogen) atoms. The quantitative estimate of drug-likeness (QED) is 0.863. The minimum absolute atomic E-state index is 0.175. The topological polar surface area (TPSA) is 61.3 Å². The van der Waals surface area contributed by atoms with Gasteiger partial charge < -0.3 is 14.9 Å². The van der Waals surface area contributed by atoms with Crippen molar-refractivity contribution >= 4 is 11.1 Å². The molecule has 0 amide bonds. The molecule has 0 bridgehead atoms. The first-order valence-corrected chi connectivity index (χ1v) is 5.98. The Morgan fingerprint density at radius 1 is 1.41 bits per heavy atom. The third kappa shape index (κ3) is 1.69. The molecule has 3 rings (SSSR count). The van der Waals surface area contributed by atoms with E-state index in [1.807, 2.05) is 18.2 Å². The summed E-state index contributed by atoms with van der Waals surface area (Å²) >= 11 is 0. The minimum Gasteiger partial charge on any atom is -0.494 e. The van der Waals surface area contributed by atoms with Crippen LogP contribution >= 0.6 is 0 Å². The van der Waals surface area contributed by atoms with E-state index in [4.69, 9.17) is 14.9 Å². The molecule has 0 radical (unpaired) electrons. The SMILES string of the molecule is COc1cccc2oc(C3CCCC3N)nc12. The molecule has 1 fully saturated rings. The van der Waals surface area contributed by atoms with Gasteiger partial charge in [0.25, 0.3) is 0 Å². The van der Waals surface area contributed by atoms with Crippen LogP contribution in [0.4, 0.5) is 0 Å². The molecule has 0 aliphatic heterocycles. The summed E-state index contributed by atoms with van der Waals surface area (Å²) in [6.45, 7) is 0. The Hall–Kier alpha value is -1.55. The van der Waals surface area contributed by atoms with Gasteiger partial charge in [-0.2, -0.15) is 0 Å². The molecule has 1 aromatic carbocycles. The van der Waals surface area contributed by atoms with Crippen LogP contribution in [0.1, 0.15) is 31.1 Å². The lowest BCUT2D eigenvalue weighted by Crippen LogP contribution is -2.22. The van der Waals surface area contributed by atoms with E-state index in [1.165, 1.54) is 0 Å². The van der Waals surface area contributed by atoms with E-state index >= 15 is 0 Å². The first-order chi connectivity index (χ1) is 8.29. The van der Waals surface area contributed by atoms with Crippen molar-refractivity contribution in [3.63, 3.8) is 0 Å². The number of hydrogen-bond acceptors (Lipinski definition) is 4. The van der Waals surface area contributed by atoms with Gasteiger partial charge in [0.1, 0.15) is 5.75 Å². The average molecular weight is 232 g/mol. The maximum Gasteiger partial charge on any atom is 0.200 e. The Balaban J connectivity index is 2.07. The van der Waals surface area contributed by atoms with E-state index in [9.17, 15) is 0 Å². The number of oxazole rings is 1. The second kappa shape index (κ2) is 4.04. The monoisotopic (exact) mass is 232 g/mol. The predicted molar refractivity (Wildman–Crippen MR) is 65.1 cm³/mol. The van der Waals surface area contributed by atoms with Crippen LogP contribution in [-0.2, 0) is 0 Å². The van der Waals surface area contributed by atoms with E-state index in [1.54, 1.807) is 7.11 Å². The summed E-state index contributed by atoms with van der Waals surface area (Å²) in [6.07, 6.45) is 3.28. The molecule has 2 aromatic rings. The van der Waals surface area contributed by atoms with Crippen LogP contribution in [0, 0.1) is 0 Å². The van der Waals surface area contributed by atoms with E-state index in [0.717, 1.165) is 42.0 Å². The Bertz CT molecular complexity index is 535. The minimum atomic E-state index is 0.175. The maximum atomic E-state index is 6.07. The summed E-state index contributed by atoms with van der Waals surface area (Å²) in [6, 6.07) is 5.89. The number of nitrogens with two attached hydrogens (primary N) is 1. The number of aromatic nitrogens is 1. The number of nitrogens with zero attached hydrogens (tertiary/aromatic N) is 1. The van der Waals surface area contributed by atoms with Gasteiger partial charge in [-0.05, 0) is 25.0 Å². The van der Waals surface area contributed by atoms with Gasteiger partial charge in [0.2, 0.25) is 0 Å². The zero-order valence-corrected chi connectivity index (χ0v) is 9.85. The first-order valence-electron chi connectivity index (χ1n) is 5.98. The molecule has 1 heterocycles. The number of ether oxygens (including phenoxy) is 1. The lowest BCUT2D eigenvalue weighted by molar-refractivity contribution is 0.419. The molecule has 4 nitrogen and oxygen atoms in total. The molecule has 1 aliphatic carbocycles. The third-order valence-corrected chi connectivity index (χ3v) is 3.51. The van der Waals surface area contributed by atoms with Crippen molar-refractivity contribution < 1.29 is 9.15 Å². The van der Waals surface area contributed by atoms with E-state index in [2.05, 4.69) is 4.98 Å². The van der Waals surface area contributed by atoms with Crippen LogP contribution < -0.4 is 10.5 Å². The second-order valence-electron chi connectivity index (χ2n) is 4.56. The first kappa shape index (κ1) is 10.6. The van der Waals surface area contributed by atoms with Crippen LogP contribution in [0.3, 0.4) is 0 Å². The largest absolute Gasteiger partial charge is 0.494 e. The molecule has 4 heteroatoms. The standard InChI is InChI=1S/C13H16N2O2/c1-16-10-6-3-7-11-12(10)15-13(17-11)8-4-2-5-9(8)14/h3,6-9H,2,4-5,14H2,1H3. The highest BCUT2D eigenvalue weighted by atomic mass is 16.5. The molecular formula is C13H16N2O2. The van der Waals surface area contributed by atoms with Crippen molar-refractivity contribution in [1.29, 1.82) is 0 Å². The fourth-order valence-electron chi connectivity index (χ4n) is 2.56. The maximum absolute atomic E-state index is 6.07. The van der Waals surface area contributed by atoms with Gasteiger partial charge in [-0.3, -0.25) is 0 Å². The molecule has 2 N–H and O–H groups in total. The van der Waals surface area contributed by atoms with E-state index in [-0.39, 0.29) is 12.0 Å². The molecular weight excluding hydrogens is 216 g/mol. The average Bonchev–Trinajstić information content (AvgIpc) is 2.93. The van der Waals surface area contributed by atoms with Gasteiger partial charge in [-0.15, -0.1) is 0 Å². The highest BCUT2D eigenvalue weighted by Gasteiger charge is 2.30. The van der Waals surface area contributed by atoms with Crippen LogP contribution in [0.5, 0.6) is 5.75 Å². The smallest absolute Gasteiger partial charge is 0.200 e. The molecule has 2 atom stereocenters. The van der Waals surface area contributed by atoms with Crippen molar-refractivity contribution in [2.75, 3.05) is 7.11 Å². The summed E-state index contributed by atoms with van der Waals surface area (Å²) in [4.78, 5) is 4.54. The number of fused-ring (bicyclic) bond motifs is 1. The summed E-state index contributed by atoms with van der Waals surface area (Å²) in [5.74, 6) is 1.77. The number of benzene rings is 1. The fraction of sp³-hybridized carbons (Fsp3) is 0.462.